The third-order valence-electron chi connectivity index (χ3n) is 25.3. The molecule has 0 fully saturated rings. The summed E-state index contributed by atoms with van der Waals surface area (Å²) in [7, 11) is 0. The fourth-order valence-corrected chi connectivity index (χ4v) is 23.5. The van der Waals surface area contributed by atoms with Gasteiger partial charge in [-0.1, -0.05) is 425 Å². The average molecular weight is 1860 g/mol. The molecule has 12 nitrogen and oxygen atoms in total. The van der Waals surface area contributed by atoms with E-state index in [0.29, 0.717) is 69.9 Å². The number of hydrogen-bond acceptors (Lipinski definition) is 16. The van der Waals surface area contributed by atoms with Crippen molar-refractivity contribution in [2.45, 2.75) is 0 Å². The van der Waals surface area contributed by atoms with Crippen molar-refractivity contribution in [2.75, 3.05) is 0 Å². The van der Waals surface area contributed by atoms with E-state index in [9.17, 15) is 0 Å². The molecule has 0 aliphatic carbocycles. The highest BCUT2D eigenvalue weighted by Gasteiger charge is 2.23. The number of aromatic nitrogens is 12. The van der Waals surface area contributed by atoms with Crippen LogP contribution in [0.5, 0.6) is 0 Å². The van der Waals surface area contributed by atoms with Gasteiger partial charge >= 0.3 is 0 Å². The van der Waals surface area contributed by atoms with Crippen molar-refractivity contribution in [1.82, 2.24) is 59.8 Å². The highest BCUT2D eigenvalue weighted by molar-refractivity contribution is 7.28. The molecule has 0 saturated heterocycles. The summed E-state index contributed by atoms with van der Waals surface area (Å²) in [4.78, 5) is 58.8. The van der Waals surface area contributed by atoms with E-state index in [4.69, 9.17) is 59.8 Å². The first-order valence-electron chi connectivity index (χ1n) is 46.2. The zero-order valence-corrected chi connectivity index (χ0v) is 78.1. The molecule has 0 unspecified atom stereocenters. The molecular weight excluding hydrogens is 1790 g/mol. The van der Waals surface area contributed by atoms with E-state index in [0.717, 1.165) is 72.1 Å². The van der Waals surface area contributed by atoms with Crippen LogP contribution in [0, 0.1) is 0 Å². The Balaban J connectivity index is 0.0000000985. The van der Waals surface area contributed by atoms with Crippen LogP contribution < -0.4 is 0 Å². The summed E-state index contributed by atoms with van der Waals surface area (Å²) < 4.78 is 10.4. The van der Waals surface area contributed by atoms with Gasteiger partial charge in [-0.05, 0) is 63.3 Å². The zero-order chi connectivity index (χ0) is 92.8. The van der Waals surface area contributed by atoms with Crippen molar-refractivity contribution in [3.05, 3.63) is 461 Å². The second-order valence-corrected chi connectivity index (χ2v) is 38.2. The average Bonchev–Trinajstić information content (AvgIpc) is 1.60. The number of rotatable bonds is 12. The van der Waals surface area contributed by atoms with Crippen LogP contribution in [0.15, 0.2) is 461 Å². The second-order valence-electron chi connectivity index (χ2n) is 34.0. The van der Waals surface area contributed by atoms with E-state index >= 15 is 0 Å². The minimum atomic E-state index is 0.675. The standard InChI is InChI=1S/4C31H19N3S/c1-3-10-21(11-4-1)29-32-30(22-12-5-2-6-13-22)34-31(33-29)25-16-9-14-20-18-19-24-23-15-7-8-17-26(23)35-28(24)27(20)25;1-3-10-20(11-4-1)29-32-30(21-12-5-2-6-13-21)34-31(33-29)26-16-9-15-24-22(26)18-19-25-23-14-7-8-17-27(23)35-28(24)25;1-3-9-20(10-4-1)29-32-30(21-11-5-2-6-12-21)34-31(33-29)23-16-17-24-22(19-23)15-18-26-25-13-7-8-14-27(25)35-28(24)26;1-3-9-21(10-4-1)29-32-30(22-11-5-2-6-12-22)34-31(33-29)23-16-15-20-17-18-25-24-13-7-8-14-27(24)35-28(25)26(20)19-23/h4*1-19H. The lowest BCUT2D eigenvalue weighted by Crippen LogP contribution is -2.00. The molecule has 656 valence electrons. The lowest BCUT2D eigenvalue weighted by atomic mass is 10.0. The molecule has 20 aromatic carbocycles. The van der Waals surface area contributed by atoms with Gasteiger partial charge in [-0.25, -0.2) is 59.8 Å². The Morgan fingerprint density at radius 3 is 0.743 bits per heavy atom. The smallest absolute Gasteiger partial charge is 0.164 e. The first kappa shape index (κ1) is 84.1. The third-order valence-corrected chi connectivity index (χ3v) is 30.2. The molecule has 0 N–H and O–H groups in total. The molecule has 28 aromatic rings. The summed E-state index contributed by atoms with van der Waals surface area (Å²) in [6, 6.07) is 159. The van der Waals surface area contributed by atoms with Gasteiger partial charge < -0.3 is 0 Å². The Morgan fingerprint density at radius 1 is 0.121 bits per heavy atom. The van der Waals surface area contributed by atoms with Crippen LogP contribution >= 0.6 is 45.3 Å². The summed E-state index contributed by atoms with van der Waals surface area (Å²) in [5.74, 6) is 8.13. The Labute approximate surface area is 820 Å². The van der Waals surface area contributed by atoms with Gasteiger partial charge in [-0.3, -0.25) is 0 Å². The van der Waals surface area contributed by atoms with Gasteiger partial charge in [0, 0.05) is 164 Å². The molecule has 16 heteroatoms. The maximum absolute atomic E-state index is 4.99. The zero-order valence-electron chi connectivity index (χ0n) is 74.9. The molecular formula is C124H76N12S4. The maximum Gasteiger partial charge on any atom is 0.164 e. The molecule has 0 spiro atoms. The molecule has 8 aromatic heterocycles. The van der Waals surface area contributed by atoms with Crippen LogP contribution in [0.2, 0.25) is 0 Å². The van der Waals surface area contributed by atoms with E-state index < -0.39 is 0 Å². The first-order chi connectivity index (χ1) is 69.4. The topological polar surface area (TPSA) is 155 Å². The number of thiophene rings is 4. The van der Waals surface area contributed by atoms with Gasteiger partial charge in [-0.2, -0.15) is 0 Å². The van der Waals surface area contributed by atoms with Crippen LogP contribution in [-0.2, 0) is 0 Å². The minimum Gasteiger partial charge on any atom is -0.208 e. The van der Waals surface area contributed by atoms with Gasteiger partial charge in [-0.15, -0.1) is 45.3 Å². The van der Waals surface area contributed by atoms with Crippen LogP contribution in [0.3, 0.4) is 0 Å². The number of nitrogens with zero attached hydrogens (tertiary/aromatic N) is 12. The molecule has 140 heavy (non-hydrogen) atoms. The molecule has 28 rings (SSSR count). The molecule has 0 aliphatic heterocycles. The summed E-state index contributed by atoms with van der Waals surface area (Å²) >= 11 is 7.36. The van der Waals surface area contributed by atoms with E-state index in [2.05, 4.69) is 218 Å². The monoisotopic (exact) mass is 1860 g/mol. The van der Waals surface area contributed by atoms with E-state index in [1.165, 1.54) is 118 Å². The highest BCUT2D eigenvalue weighted by Crippen LogP contribution is 2.47. The SMILES string of the molecule is c1ccc(-c2nc(-c3ccccc3)nc(-c3ccc4c(ccc5c6ccccc6sc45)c3)n2)cc1.c1ccc(-c2nc(-c3ccccc3)nc(-c3ccc4ccc5c6ccccc6sc5c4c3)n2)cc1.c1ccc(-c2nc(-c3ccccc3)nc(-c3cccc4c3ccc3c5ccccc5sc43)n2)cc1.c1ccc(-c2nc(-c3ccccc3)nc(-c3cccc4ccc5c6ccccc6sc5c34)n2)cc1. The predicted octanol–water partition coefficient (Wildman–Crippen LogP) is 33.6. The van der Waals surface area contributed by atoms with E-state index in [1.807, 2.05) is 288 Å². The minimum absolute atomic E-state index is 0.675. The van der Waals surface area contributed by atoms with Crippen molar-refractivity contribution >= 4 is 169 Å². The van der Waals surface area contributed by atoms with Gasteiger partial charge in [0.15, 0.2) is 69.9 Å². The Kier molecular flexibility index (Phi) is 22.2. The molecule has 0 aliphatic rings. The molecule has 0 atom stereocenters. The van der Waals surface area contributed by atoms with Crippen LogP contribution in [0.1, 0.15) is 0 Å². The van der Waals surface area contributed by atoms with Gasteiger partial charge in [0.05, 0.1) is 0 Å². The molecule has 0 amide bonds. The lowest BCUT2D eigenvalue weighted by Gasteiger charge is -2.11. The van der Waals surface area contributed by atoms with Crippen LogP contribution in [0.4, 0.5) is 0 Å². The lowest BCUT2D eigenvalue weighted by molar-refractivity contribution is 1.07. The van der Waals surface area contributed by atoms with Crippen molar-refractivity contribution in [3.63, 3.8) is 0 Å². The van der Waals surface area contributed by atoms with Crippen molar-refractivity contribution in [2.24, 2.45) is 0 Å². The van der Waals surface area contributed by atoms with Gasteiger partial charge in [0.1, 0.15) is 0 Å². The Morgan fingerprint density at radius 2 is 0.357 bits per heavy atom. The highest BCUT2D eigenvalue weighted by atomic mass is 32.1. The summed E-state index contributed by atoms with van der Waals surface area (Å²) in [5, 5.41) is 20.0. The van der Waals surface area contributed by atoms with E-state index in [-0.39, 0.29) is 0 Å². The van der Waals surface area contributed by atoms with Crippen molar-refractivity contribution < 1.29 is 0 Å². The molecule has 0 radical (unpaired) electrons. The first-order valence-corrected chi connectivity index (χ1v) is 49.5. The summed E-state index contributed by atoms with van der Waals surface area (Å²) in [5.41, 5.74) is 11.8. The number of hydrogen-bond donors (Lipinski definition) is 0. The predicted molar refractivity (Wildman–Crippen MR) is 586 cm³/mol. The number of benzene rings is 20. The Bertz CT molecular complexity index is 9260. The maximum atomic E-state index is 4.99. The molecule has 8 heterocycles. The van der Waals surface area contributed by atoms with E-state index in [1.54, 1.807) is 0 Å². The normalized spacial score (nSPS) is 11.4. The Hall–Kier alpha value is -17.6. The van der Waals surface area contributed by atoms with Gasteiger partial charge in [0.2, 0.25) is 0 Å². The summed E-state index contributed by atoms with van der Waals surface area (Å²) in [6.45, 7) is 0. The molecule has 0 bridgehead atoms. The van der Waals surface area contributed by atoms with Crippen molar-refractivity contribution in [3.8, 4) is 137 Å². The number of fused-ring (bicyclic) bond motifs is 20. The fraction of sp³-hybridized carbons (Fsp3) is 0. The van der Waals surface area contributed by atoms with Crippen molar-refractivity contribution in [1.29, 1.82) is 0 Å². The van der Waals surface area contributed by atoms with Gasteiger partial charge in [0.25, 0.3) is 0 Å². The third kappa shape index (κ3) is 16.3. The summed E-state index contributed by atoms with van der Waals surface area (Å²) in [6.07, 6.45) is 0. The second kappa shape index (κ2) is 36.9. The molecule has 0 saturated carbocycles. The quantitative estimate of drug-likeness (QED) is 0.114. The fourth-order valence-electron chi connectivity index (χ4n) is 18.5. The van der Waals surface area contributed by atoms with Crippen LogP contribution in [-0.4, -0.2) is 59.8 Å². The largest absolute Gasteiger partial charge is 0.208 e. The van der Waals surface area contributed by atoms with Crippen LogP contribution in [0.25, 0.3) is 260 Å².